The van der Waals surface area contributed by atoms with Crippen LogP contribution in [0, 0.1) is 0 Å². The Hall–Kier alpha value is -2.55. The number of sulfonamides is 1. The number of ether oxygens (including phenoxy) is 2. The van der Waals surface area contributed by atoms with Crippen LogP contribution in [0.2, 0.25) is 0 Å². The standard InChI is InChI=1S/C16H22N4O4S/c1-5-20(6-2)16-10-9-15(17-18-16)19-25(21,22)14-11-12(23-3)7-8-13(14)24-4/h7-11H,5-6H2,1-4H3,(H,17,19). The van der Waals surface area contributed by atoms with Crippen molar-refractivity contribution in [1.29, 1.82) is 0 Å². The molecule has 0 fully saturated rings. The van der Waals surface area contributed by atoms with E-state index in [1.807, 2.05) is 18.7 Å². The molecule has 0 atom stereocenters. The van der Waals surface area contributed by atoms with Crippen LogP contribution in [0.25, 0.3) is 0 Å². The summed E-state index contributed by atoms with van der Waals surface area (Å²) in [5, 5.41) is 8.02. The highest BCUT2D eigenvalue weighted by atomic mass is 32.2. The first kappa shape index (κ1) is 18.8. The maximum absolute atomic E-state index is 12.7. The molecular formula is C16H22N4O4S. The summed E-state index contributed by atoms with van der Waals surface area (Å²) in [5.74, 6) is 1.43. The number of benzene rings is 1. The fraction of sp³-hybridized carbons (Fsp3) is 0.375. The number of anilines is 2. The molecule has 0 saturated heterocycles. The van der Waals surface area contributed by atoms with E-state index in [9.17, 15) is 8.42 Å². The van der Waals surface area contributed by atoms with Crippen molar-refractivity contribution in [2.24, 2.45) is 0 Å². The second kappa shape index (κ2) is 8.02. The largest absolute Gasteiger partial charge is 0.497 e. The summed E-state index contributed by atoms with van der Waals surface area (Å²) in [5.41, 5.74) is 0. The second-order valence-corrected chi connectivity index (χ2v) is 6.72. The van der Waals surface area contributed by atoms with Crippen LogP contribution in [0.5, 0.6) is 11.5 Å². The first-order valence-electron chi connectivity index (χ1n) is 7.78. The average molecular weight is 366 g/mol. The number of nitrogens with zero attached hydrogens (tertiary/aromatic N) is 3. The van der Waals surface area contributed by atoms with E-state index in [0.717, 1.165) is 13.1 Å². The van der Waals surface area contributed by atoms with Gasteiger partial charge in [-0.05, 0) is 38.1 Å². The second-order valence-electron chi connectivity index (χ2n) is 5.07. The van der Waals surface area contributed by atoms with Gasteiger partial charge in [0.1, 0.15) is 16.4 Å². The quantitative estimate of drug-likeness (QED) is 0.765. The molecule has 0 radical (unpaired) electrons. The van der Waals surface area contributed by atoms with E-state index in [2.05, 4.69) is 14.9 Å². The average Bonchev–Trinajstić information content (AvgIpc) is 2.63. The molecule has 0 aliphatic heterocycles. The Labute approximate surface area is 147 Å². The topological polar surface area (TPSA) is 93.7 Å². The molecule has 0 bridgehead atoms. The summed E-state index contributed by atoms with van der Waals surface area (Å²) in [7, 11) is -1.04. The number of hydrogen-bond donors (Lipinski definition) is 1. The normalized spacial score (nSPS) is 11.0. The Morgan fingerprint density at radius 3 is 2.28 bits per heavy atom. The highest BCUT2D eigenvalue weighted by Crippen LogP contribution is 2.29. The summed E-state index contributed by atoms with van der Waals surface area (Å²) in [6.07, 6.45) is 0. The Bertz CT molecular complexity index is 805. The lowest BCUT2D eigenvalue weighted by Crippen LogP contribution is -2.23. The van der Waals surface area contributed by atoms with Crippen LogP contribution < -0.4 is 19.1 Å². The molecule has 1 N–H and O–H groups in total. The summed E-state index contributed by atoms with van der Waals surface area (Å²) in [6.45, 7) is 5.60. The van der Waals surface area contributed by atoms with Crippen LogP contribution in [0.4, 0.5) is 11.6 Å². The lowest BCUT2D eigenvalue weighted by Gasteiger charge is -2.19. The number of methoxy groups -OCH3 is 2. The van der Waals surface area contributed by atoms with Crippen molar-refractivity contribution in [3.63, 3.8) is 0 Å². The molecule has 0 aliphatic carbocycles. The summed E-state index contributed by atoms with van der Waals surface area (Å²) >= 11 is 0. The third-order valence-electron chi connectivity index (χ3n) is 3.64. The number of hydrogen-bond acceptors (Lipinski definition) is 7. The zero-order chi connectivity index (χ0) is 18.4. The fourth-order valence-electron chi connectivity index (χ4n) is 2.28. The van der Waals surface area contributed by atoms with Gasteiger partial charge in [0.25, 0.3) is 10.0 Å². The van der Waals surface area contributed by atoms with Crippen LogP contribution in [0.15, 0.2) is 35.2 Å². The Morgan fingerprint density at radius 1 is 1.04 bits per heavy atom. The summed E-state index contributed by atoms with van der Waals surface area (Å²) in [4.78, 5) is 1.97. The van der Waals surface area contributed by atoms with Gasteiger partial charge < -0.3 is 14.4 Å². The monoisotopic (exact) mass is 366 g/mol. The van der Waals surface area contributed by atoms with Gasteiger partial charge in [-0.3, -0.25) is 4.72 Å². The van der Waals surface area contributed by atoms with E-state index in [1.165, 1.54) is 26.4 Å². The molecule has 1 heterocycles. The SMILES string of the molecule is CCN(CC)c1ccc(NS(=O)(=O)c2cc(OC)ccc2OC)nn1. The van der Waals surface area contributed by atoms with Crippen LogP contribution in [0.3, 0.4) is 0 Å². The minimum absolute atomic E-state index is 0.0380. The van der Waals surface area contributed by atoms with Crippen molar-refractivity contribution >= 4 is 21.7 Å². The molecule has 0 saturated carbocycles. The lowest BCUT2D eigenvalue weighted by molar-refractivity contribution is 0.392. The van der Waals surface area contributed by atoms with Gasteiger partial charge in [0.15, 0.2) is 11.6 Å². The van der Waals surface area contributed by atoms with E-state index in [4.69, 9.17) is 9.47 Å². The first-order chi connectivity index (χ1) is 11.9. The van der Waals surface area contributed by atoms with Crippen molar-refractivity contribution in [2.45, 2.75) is 18.7 Å². The van der Waals surface area contributed by atoms with E-state index in [0.29, 0.717) is 11.6 Å². The van der Waals surface area contributed by atoms with Crippen LogP contribution in [0.1, 0.15) is 13.8 Å². The van der Waals surface area contributed by atoms with Crippen molar-refractivity contribution < 1.29 is 17.9 Å². The maximum Gasteiger partial charge on any atom is 0.266 e. The number of nitrogens with one attached hydrogen (secondary N) is 1. The molecule has 0 amide bonds. The molecule has 136 valence electrons. The zero-order valence-corrected chi connectivity index (χ0v) is 15.5. The molecule has 0 spiro atoms. The van der Waals surface area contributed by atoms with Crippen LogP contribution in [-0.4, -0.2) is 45.9 Å². The van der Waals surface area contributed by atoms with Gasteiger partial charge in [-0.2, -0.15) is 0 Å². The number of rotatable bonds is 8. The molecule has 9 heteroatoms. The predicted octanol–water partition coefficient (Wildman–Crippen LogP) is 2.14. The number of aromatic nitrogens is 2. The zero-order valence-electron chi connectivity index (χ0n) is 14.7. The molecule has 2 rings (SSSR count). The molecule has 1 aromatic carbocycles. The molecule has 8 nitrogen and oxygen atoms in total. The molecule has 0 unspecified atom stereocenters. The molecule has 1 aromatic heterocycles. The van der Waals surface area contributed by atoms with E-state index in [-0.39, 0.29) is 16.5 Å². The van der Waals surface area contributed by atoms with Crippen molar-refractivity contribution in [3.8, 4) is 11.5 Å². The molecule has 0 aliphatic rings. The first-order valence-corrected chi connectivity index (χ1v) is 9.27. The van der Waals surface area contributed by atoms with Crippen LogP contribution >= 0.6 is 0 Å². The van der Waals surface area contributed by atoms with E-state index < -0.39 is 10.0 Å². The molecular weight excluding hydrogens is 344 g/mol. The highest BCUT2D eigenvalue weighted by molar-refractivity contribution is 7.92. The van der Waals surface area contributed by atoms with Gasteiger partial charge in [-0.1, -0.05) is 0 Å². The van der Waals surface area contributed by atoms with Gasteiger partial charge in [0.2, 0.25) is 0 Å². The Balaban J connectivity index is 2.30. The third-order valence-corrected chi connectivity index (χ3v) is 5.01. The molecule has 25 heavy (non-hydrogen) atoms. The van der Waals surface area contributed by atoms with Crippen LogP contribution in [-0.2, 0) is 10.0 Å². The van der Waals surface area contributed by atoms with Gasteiger partial charge in [-0.15, -0.1) is 10.2 Å². The molecule has 2 aromatic rings. The fourth-order valence-corrected chi connectivity index (χ4v) is 3.46. The Morgan fingerprint density at radius 2 is 1.76 bits per heavy atom. The van der Waals surface area contributed by atoms with Gasteiger partial charge in [-0.25, -0.2) is 8.42 Å². The lowest BCUT2D eigenvalue weighted by atomic mass is 10.3. The smallest absolute Gasteiger partial charge is 0.266 e. The van der Waals surface area contributed by atoms with E-state index in [1.54, 1.807) is 18.2 Å². The van der Waals surface area contributed by atoms with Crippen molar-refractivity contribution in [1.82, 2.24) is 10.2 Å². The van der Waals surface area contributed by atoms with Crippen molar-refractivity contribution in [2.75, 3.05) is 36.9 Å². The van der Waals surface area contributed by atoms with Crippen molar-refractivity contribution in [3.05, 3.63) is 30.3 Å². The predicted molar refractivity (Wildman–Crippen MR) is 95.9 cm³/mol. The van der Waals surface area contributed by atoms with Gasteiger partial charge in [0, 0.05) is 19.2 Å². The van der Waals surface area contributed by atoms with E-state index >= 15 is 0 Å². The summed E-state index contributed by atoms with van der Waals surface area (Å²) in [6, 6.07) is 7.84. The van der Waals surface area contributed by atoms with Gasteiger partial charge >= 0.3 is 0 Å². The Kier molecular flexibility index (Phi) is 6.02. The third kappa shape index (κ3) is 4.30. The minimum atomic E-state index is -3.90. The van der Waals surface area contributed by atoms with Gasteiger partial charge in [0.05, 0.1) is 14.2 Å². The summed E-state index contributed by atoms with van der Waals surface area (Å²) < 4.78 is 37.9. The highest BCUT2D eigenvalue weighted by Gasteiger charge is 2.21. The minimum Gasteiger partial charge on any atom is -0.497 e. The maximum atomic E-state index is 12.7.